The Bertz CT molecular complexity index is 179. The highest BCUT2D eigenvalue weighted by Gasteiger charge is 2.23. The first-order chi connectivity index (χ1) is 6.74. The maximum absolute atomic E-state index is 11.4. The molecule has 14 heavy (non-hydrogen) atoms. The van der Waals surface area contributed by atoms with E-state index in [9.17, 15) is 4.79 Å². The van der Waals surface area contributed by atoms with E-state index in [0.29, 0.717) is 12.5 Å². The van der Waals surface area contributed by atoms with Gasteiger partial charge in [-0.3, -0.25) is 4.79 Å². The quantitative estimate of drug-likeness (QED) is 0.663. The normalized spacial score (nSPS) is 23.4. The summed E-state index contributed by atoms with van der Waals surface area (Å²) >= 11 is 0. The third-order valence-corrected chi connectivity index (χ3v) is 2.60. The Morgan fingerprint density at radius 1 is 1.64 bits per heavy atom. The molecule has 4 heteroatoms. The topological polar surface area (TPSA) is 50.4 Å². The molecule has 1 aliphatic heterocycles. The highest BCUT2D eigenvalue weighted by Crippen LogP contribution is 2.15. The predicted molar refractivity (Wildman–Crippen MR) is 55.1 cm³/mol. The fraction of sp³-hybridized carbons (Fsp3) is 0.900. The van der Waals surface area contributed by atoms with Gasteiger partial charge in [0.1, 0.15) is 0 Å². The van der Waals surface area contributed by atoms with E-state index in [1.165, 1.54) is 0 Å². The lowest BCUT2D eigenvalue weighted by Gasteiger charge is -2.19. The molecule has 0 spiro atoms. The monoisotopic (exact) mass is 200 g/mol. The number of hydrogen-bond acceptors (Lipinski definition) is 3. The molecule has 1 saturated heterocycles. The first kappa shape index (κ1) is 11.5. The molecule has 82 valence electrons. The first-order valence-electron chi connectivity index (χ1n) is 5.32. The summed E-state index contributed by atoms with van der Waals surface area (Å²) in [5, 5.41) is 5.98. The molecule has 1 heterocycles. The Hall–Kier alpha value is -0.610. The summed E-state index contributed by atoms with van der Waals surface area (Å²) in [5.41, 5.74) is 0. The molecule has 1 rings (SSSR count). The van der Waals surface area contributed by atoms with Gasteiger partial charge in [0.15, 0.2) is 0 Å². The number of ether oxygens (including phenoxy) is 1. The second-order valence-corrected chi connectivity index (χ2v) is 3.76. The third-order valence-electron chi connectivity index (χ3n) is 2.60. The minimum atomic E-state index is 0.0752. The number of likely N-dealkylation sites (N-methyl/N-ethyl adjacent to an activating group) is 1. The Balaban J connectivity index is 2.18. The third kappa shape index (κ3) is 3.64. The van der Waals surface area contributed by atoms with Crippen molar-refractivity contribution in [2.75, 3.05) is 26.3 Å². The van der Waals surface area contributed by atoms with Crippen LogP contribution in [0.5, 0.6) is 0 Å². The van der Waals surface area contributed by atoms with E-state index >= 15 is 0 Å². The van der Waals surface area contributed by atoms with Crippen LogP contribution in [0.2, 0.25) is 0 Å². The molecule has 1 amide bonds. The highest BCUT2D eigenvalue weighted by atomic mass is 16.5. The van der Waals surface area contributed by atoms with E-state index in [0.717, 1.165) is 26.2 Å². The Morgan fingerprint density at radius 3 is 3.00 bits per heavy atom. The minimum absolute atomic E-state index is 0.0752. The SMILES string of the molecule is CCNCC(=O)NC(C)C1CCOC1. The van der Waals surface area contributed by atoms with Gasteiger partial charge in [0.25, 0.3) is 0 Å². The zero-order valence-electron chi connectivity index (χ0n) is 9.01. The van der Waals surface area contributed by atoms with Gasteiger partial charge < -0.3 is 15.4 Å². The van der Waals surface area contributed by atoms with Crippen molar-refractivity contribution in [1.82, 2.24) is 10.6 Å². The zero-order chi connectivity index (χ0) is 10.4. The van der Waals surface area contributed by atoms with Gasteiger partial charge in [0.2, 0.25) is 5.91 Å². The van der Waals surface area contributed by atoms with Crippen LogP contribution in [-0.2, 0) is 9.53 Å². The Morgan fingerprint density at radius 2 is 2.43 bits per heavy atom. The number of carbonyl (C=O) groups excluding carboxylic acids is 1. The van der Waals surface area contributed by atoms with Crippen LogP contribution in [0.25, 0.3) is 0 Å². The molecule has 0 bridgehead atoms. The number of hydrogen-bond donors (Lipinski definition) is 2. The standard InChI is InChI=1S/C10H20N2O2/c1-3-11-6-10(13)12-8(2)9-4-5-14-7-9/h8-9,11H,3-7H2,1-2H3,(H,12,13). The average Bonchev–Trinajstić information content (AvgIpc) is 2.67. The smallest absolute Gasteiger partial charge is 0.234 e. The van der Waals surface area contributed by atoms with Gasteiger partial charge in [-0.15, -0.1) is 0 Å². The summed E-state index contributed by atoms with van der Waals surface area (Å²) in [5.74, 6) is 0.562. The number of amides is 1. The van der Waals surface area contributed by atoms with Crippen molar-refractivity contribution < 1.29 is 9.53 Å². The fourth-order valence-electron chi connectivity index (χ4n) is 1.61. The first-order valence-corrected chi connectivity index (χ1v) is 5.32. The molecule has 2 atom stereocenters. The lowest BCUT2D eigenvalue weighted by Crippen LogP contribution is -2.42. The van der Waals surface area contributed by atoms with E-state index in [1.807, 2.05) is 13.8 Å². The van der Waals surface area contributed by atoms with E-state index in [4.69, 9.17) is 4.74 Å². The van der Waals surface area contributed by atoms with Crippen LogP contribution in [0.15, 0.2) is 0 Å². The second-order valence-electron chi connectivity index (χ2n) is 3.76. The molecule has 0 radical (unpaired) electrons. The van der Waals surface area contributed by atoms with Crippen LogP contribution in [0, 0.1) is 5.92 Å². The summed E-state index contributed by atoms with van der Waals surface area (Å²) in [4.78, 5) is 11.4. The van der Waals surface area contributed by atoms with E-state index in [2.05, 4.69) is 10.6 Å². The lowest BCUT2D eigenvalue weighted by molar-refractivity contribution is -0.121. The molecule has 1 fully saturated rings. The zero-order valence-corrected chi connectivity index (χ0v) is 9.01. The van der Waals surface area contributed by atoms with Crippen molar-refractivity contribution in [2.45, 2.75) is 26.3 Å². The highest BCUT2D eigenvalue weighted by molar-refractivity contribution is 5.78. The van der Waals surface area contributed by atoms with E-state index in [-0.39, 0.29) is 11.9 Å². The van der Waals surface area contributed by atoms with Crippen molar-refractivity contribution in [1.29, 1.82) is 0 Å². The van der Waals surface area contributed by atoms with E-state index < -0.39 is 0 Å². The van der Waals surface area contributed by atoms with Crippen molar-refractivity contribution in [3.63, 3.8) is 0 Å². The van der Waals surface area contributed by atoms with Crippen LogP contribution in [0.4, 0.5) is 0 Å². The number of carbonyl (C=O) groups is 1. The molecular weight excluding hydrogens is 180 g/mol. The van der Waals surface area contributed by atoms with E-state index in [1.54, 1.807) is 0 Å². The summed E-state index contributed by atoms with van der Waals surface area (Å²) in [7, 11) is 0. The van der Waals surface area contributed by atoms with Gasteiger partial charge in [-0.05, 0) is 19.9 Å². The van der Waals surface area contributed by atoms with Crippen LogP contribution >= 0.6 is 0 Å². The minimum Gasteiger partial charge on any atom is -0.381 e. The van der Waals surface area contributed by atoms with Gasteiger partial charge in [0, 0.05) is 18.6 Å². The summed E-state index contributed by atoms with van der Waals surface area (Å²) in [6, 6.07) is 0.226. The summed E-state index contributed by atoms with van der Waals surface area (Å²) in [6.07, 6.45) is 1.06. The largest absolute Gasteiger partial charge is 0.381 e. The van der Waals surface area contributed by atoms with Crippen LogP contribution in [0.3, 0.4) is 0 Å². The lowest BCUT2D eigenvalue weighted by atomic mass is 10.0. The van der Waals surface area contributed by atoms with Gasteiger partial charge in [-0.25, -0.2) is 0 Å². The number of rotatable bonds is 5. The molecule has 2 N–H and O–H groups in total. The van der Waals surface area contributed by atoms with Crippen LogP contribution in [0.1, 0.15) is 20.3 Å². The van der Waals surface area contributed by atoms with Gasteiger partial charge in [-0.1, -0.05) is 6.92 Å². The maximum atomic E-state index is 11.4. The van der Waals surface area contributed by atoms with Crippen molar-refractivity contribution in [2.24, 2.45) is 5.92 Å². The molecule has 0 aromatic carbocycles. The second kappa shape index (κ2) is 5.98. The van der Waals surface area contributed by atoms with Crippen LogP contribution in [-0.4, -0.2) is 38.3 Å². The molecule has 0 aromatic rings. The van der Waals surface area contributed by atoms with Crippen molar-refractivity contribution in [3.8, 4) is 0 Å². The van der Waals surface area contributed by atoms with Gasteiger partial charge >= 0.3 is 0 Å². The molecule has 0 saturated carbocycles. The average molecular weight is 200 g/mol. The molecule has 2 unspecified atom stereocenters. The summed E-state index contributed by atoms with van der Waals surface area (Å²) in [6.45, 7) is 6.88. The van der Waals surface area contributed by atoms with Gasteiger partial charge in [0.05, 0.1) is 13.2 Å². The Labute approximate surface area is 85.4 Å². The van der Waals surface area contributed by atoms with Gasteiger partial charge in [-0.2, -0.15) is 0 Å². The predicted octanol–water partition coefficient (Wildman–Crippen LogP) is 0.137. The van der Waals surface area contributed by atoms with Crippen molar-refractivity contribution in [3.05, 3.63) is 0 Å². The Kier molecular flexibility index (Phi) is 4.90. The van der Waals surface area contributed by atoms with Crippen molar-refractivity contribution >= 4 is 5.91 Å². The molecule has 1 aliphatic rings. The molecule has 0 aromatic heterocycles. The fourth-order valence-corrected chi connectivity index (χ4v) is 1.61. The molecular formula is C10H20N2O2. The molecule has 4 nitrogen and oxygen atoms in total. The summed E-state index contributed by atoms with van der Waals surface area (Å²) < 4.78 is 5.27. The molecule has 0 aliphatic carbocycles. The number of nitrogens with one attached hydrogen (secondary N) is 2. The maximum Gasteiger partial charge on any atom is 0.234 e. The van der Waals surface area contributed by atoms with Crippen LogP contribution < -0.4 is 10.6 Å².